The number of aliphatic carboxylic acids is 1. The van der Waals surface area contributed by atoms with Gasteiger partial charge in [-0.2, -0.15) is 11.8 Å². The summed E-state index contributed by atoms with van der Waals surface area (Å²) < 4.78 is 7.24. The molecule has 2 aromatic heterocycles. The number of nitrogens with zero attached hydrogens (tertiary/aromatic N) is 4. The number of rotatable bonds is 6. The fourth-order valence-corrected chi connectivity index (χ4v) is 3.51. The van der Waals surface area contributed by atoms with Gasteiger partial charge in [-0.15, -0.1) is 0 Å². The molecule has 4 atom stereocenters. The Labute approximate surface area is 140 Å². The number of hydrogen-bond acceptors (Lipinski definition) is 9. The van der Waals surface area contributed by atoms with E-state index in [1.165, 1.54) is 29.0 Å². The number of nitrogen functional groups attached to an aromatic ring is 1. The first-order valence-corrected chi connectivity index (χ1v) is 8.38. The normalized spacial score (nSPS) is 26.9. The lowest BCUT2D eigenvalue weighted by Crippen LogP contribution is -2.32. The molecular weight excluding hydrogens is 338 g/mol. The minimum atomic E-state index is -1.16. The van der Waals surface area contributed by atoms with E-state index in [4.69, 9.17) is 15.6 Å². The third-order valence-corrected chi connectivity index (χ3v) is 4.80. The number of ether oxygens (including phenoxy) is 1. The van der Waals surface area contributed by atoms with Gasteiger partial charge in [-0.05, 0) is 0 Å². The maximum atomic E-state index is 10.5. The topological polar surface area (TPSA) is 157 Å². The number of carboxylic acids is 1. The van der Waals surface area contributed by atoms with Crippen molar-refractivity contribution < 1.29 is 24.9 Å². The van der Waals surface area contributed by atoms with Crippen LogP contribution < -0.4 is 5.73 Å². The minimum absolute atomic E-state index is 0.0296. The van der Waals surface area contributed by atoms with E-state index in [0.29, 0.717) is 22.7 Å². The summed E-state index contributed by atoms with van der Waals surface area (Å²) in [6, 6.07) is 0. The molecule has 0 aromatic carbocycles. The van der Waals surface area contributed by atoms with Crippen molar-refractivity contribution in [3.8, 4) is 0 Å². The van der Waals surface area contributed by atoms with Crippen LogP contribution in [0, 0.1) is 0 Å². The number of thioether (sulfide) groups is 1. The van der Waals surface area contributed by atoms with Crippen LogP contribution in [0.25, 0.3) is 11.2 Å². The molecule has 0 spiro atoms. The number of aliphatic hydroxyl groups excluding tert-OH is 2. The zero-order valence-electron chi connectivity index (χ0n) is 12.5. The number of aromatic nitrogens is 4. The Hall–Kier alpha value is -1.95. The Kier molecular flexibility index (Phi) is 4.85. The Morgan fingerprint density at radius 2 is 2.12 bits per heavy atom. The van der Waals surface area contributed by atoms with Gasteiger partial charge < -0.3 is 25.8 Å². The predicted molar refractivity (Wildman–Crippen MR) is 85.2 cm³/mol. The molecule has 0 radical (unpaired) electrons. The quantitative estimate of drug-likeness (QED) is 0.485. The van der Waals surface area contributed by atoms with Gasteiger partial charge in [-0.3, -0.25) is 9.36 Å². The van der Waals surface area contributed by atoms with E-state index in [9.17, 15) is 15.0 Å². The molecule has 10 nitrogen and oxygen atoms in total. The van der Waals surface area contributed by atoms with E-state index in [-0.39, 0.29) is 12.2 Å². The van der Waals surface area contributed by atoms with Crippen molar-refractivity contribution in [1.82, 2.24) is 19.5 Å². The number of aliphatic hydroxyl groups is 2. The summed E-state index contributed by atoms with van der Waals surface area (Å²) in [5.41, 5.74) is 6.52. The first-order chi connectivity index (χ1) is 11.5. The van der Waals surface area contributed by atoms with Crippen molar-refractivity contribution in [1.29, 1.82) is 0 Å². The smallest absolute Gasteiger partial charge is 0.304 e. The molecule has 0 aliphatic carbocycles. The minimum Gasteiger partial charge on any atom is -0.481 e. The van der Waals surface area contributed by atoms with E-state index in [2.05, 4.69) is 15.0 Å². The number of hydrogen-bond donors (Lipinski definition) is 4. The monoisotopic (exact) mass is 355 g/mol. The van der Waals surface area contributed by atoms with Gasteiger partial charge in [0.15, 0.2) is 17.7 Å². The molecule has 1 aliphatic heterocycles. The van der Waals surface area contributed by atoms with Crippen LogP contribution >= 0.6 is 11.8 Å². The third kappa shape index (κ3) is 3.15. The second kappa shape index (κ2) is 6.89. The lowest BCUT2D eigenvalue weighted by Gasteiger charge is -2.16. The van der Waals surface area contributed by atoms with Gasteiger partial charge in [-0.1, -0.05) is 0 Å². The lowest BCUT2D eigenvalue weighted by molar-refractivity contribution is -0.136. The molecule has 1 aliphatic rings. The first kappa shape index (κ1) is 16.9. The Morgan fingerprint density at radius 3 is 2.88 bits per heavy atom. The highest BCUT2D eigenvalue weighted by Crippen LogP contribution is 2.33. The van der Waals surface area contributed by atoms with Crippen LogP contribution in [0.1, 0.15) is 12.6 Å². The van der Waals surface area contributed by atoms with Gasteiger partial charge >= 0.3 is 5.97 Å². The first-order valence-electron chi connectivity index (χ1n) is 7.23. The number of carboxylic acid groups (broad SMARTS) is 1. The molecule has 1 fully saturated rings. The summed E-state index contributed by atoms with van der Waals surface area (Å²) in [6.45, 7) is 0. The average molecular weight is 355 g/mol. The second-order valence-corrected chi connectivity index (χ2v) is 6.50. The van der Waals surface area contributed by atoms with Crippen LogP contribution in [0.15, 0.2) is 12.7 Å². The molecule has 2 aromatic rings. The van der Waals surface area contributed by atoms with E-state index >= 15 is 0 Å². The van der Waals surface area contributed by atoms with Crippen molar-refractivity contribution in [2.24, 2.45) is 0 Å². The number of imidazole rings is 1. The summed E-state index contributed by atoms with van der Waals surface area (Å²) in [4.78, 5) is 22.6. The molecule has 11 heteroatoms. The van der Waals surface area contributed by atoms with Gasteiger partial charge in [0.1, 0.15) is 24.1 Å². The highest BCUT2D eigenvalue weighted by atomic mass is 32.2. The molecule has 0 saturated carbocycles. The van der Waals surface area contributed by atoms with Crippen molar-refractivity contribution in [3.05, 3.63) is 12.7 Å². The van der Waals surface area contributed by atoms with E-state index in [1.807, 2.05) is 0 Å². The highest BCUT2D eigenvalue weighted by Gasteiger charge is 2.44. The molecule has 5 N–H and O–H groups in total. The summed E-state index contributed by atoms with van der Waals surface area (Å²) in [7, 11) is 0. The van der Waals surface area contributed by atoms with Crippen molar-refractivity contribution >= 4 is 34.7 Å². The molecule has 0 amide bonds. The standard InChI is InChI=1S/C13H17N5O5S/c14-11-8-12(16-4-15-11)18(5-17-8)13-10(22)9(21)6(23-13)3-24-2-1-7(19)20/h4-6,9-10,13,21-22H,1-3H2,(H,19,20)(H2,14,15,16)/t6-,9?,10+,13-/m1/s1. The van der Waals surface area contributed by atoms with Gasteiger partial charge in [-0.25, -0.2) is 15.0 Å². The Bertz CT molecular complexity index is 741. The summed E-state index contributed by atoms with van der Waals surface area (Å²) in [6.07, 6.45) is -0.997. The van der Waals surface area contributed by atoms with E-state index in [0.717, 1.165) is 0 Å². The number of nitrogens with two attached hydrogens (primary N) is 1. The van der Waals surface area contributed by atoms with Crippen LogP contribution in [0.2, 0.25) is 0 Å². The number of fused-ring (bicyclic) bond motifs is 1. The molecule has 0 bridgehead atoms. The van der Waals surface area contributed by atoms with Crippen molar-refractivity contribution in [3.63, 3.8) is 0 Å². The molecule has 3 rings (SSSR count). The fraction of sp³-hybridized carbons (Fsp3) is 0.538. The van der Waals surface area contributed by atoms with Crippen molar-refractivity contribution in [2.45, 2.75) is 31.0 Å². The number of anilines is 1. The Morgan fingerprint density at radius 1 is 1.33 bits per heavy atom. The molecule has 24 heavy (non-hydrogen) atoms. The van der Waals surface area contributed by atoms with Crippen LogP contribution in [-0.2, 0) is 9.53 Å². The van der Waals surface area contributed by atoms with Gasteiger partial charge in [0.25, 0.3) is 0 Å². The SMILES string of the molecule is Nc1ncnc2c1ncn2[C@@H]1O[C@H](CSCCC(=O)O)C(O)[C@@H]1O. The maximum absolute atomic E-state index is 10.5. The summed E-state index contributed by atoms with van der Waals surface area (Å²) in [5, 5.41) is 29.1. The zero-order chi connectivity index (χ0) is 17.3. The molecule has 130 valence electrons. The predicted octanol–water partition coefficient (Wildman–Crippen LogP) is -0.764. The average Bonchev–Trinajstić information content (AvgIpc) is 3.08. The molecular formula is C13H17N5O5S. The fourth-order valence-electron chi connectivity index (χ4n) is 2.51. The highest BCUT2D eigenvalue weighted by molar-refractivity contribution is 7.99. The maximum Gasteiger partial charge on any atom is 0.304 e. The Balaban J connectivity index is 1.72. The van der Waals surface area contributed by atoms with Gasteiger partial charge in [0.2, 0.25) is 0 Å². The summed E-state index contributed by atoms with van der Waals surface area (Å²) >= 11 is 1.34. The van der Waals surface area contributed by atoms with E-state index < -0.39 is 30.5 Å². The third-order valence-electron chi connectivity index (χ3n) is 3.74. The zero-order valence-corrected chi connectivity index (χ0v) is 13.3. The summed E-state index contributed by atoms with van der Waals surface area (Å²) in [5.74, 6) is 0.106. The van der Waals surface area contributed by atoms with Gasteiger partial charge in [0, 0.05) is 11.5 Å². The van der Waals surface area contributed by atoms with Crippen LogP contribution in [0.5, 0.6) is 0 Å². The molecule has 1 unspecified atom stereocenters. The second-order valence-electron chi connectivity index (χ2n) is 5.35. The van der Waals surface area contributed by atoms with Crippen LogP contribution in [0.3, 0.4) is 0 Å². The van der Waals surface area contributed by atoms with Crippen molar-refractivity contribution in [2.75, 3.05) is 17.2 Å². The van der Waals surface area contributed by atoms with Crippen LogP contribution in [-0.4, -0.2) is 70.6 Å². The molecule has 3 heterocycles. The number of carbonyl (C=O) groups is 1. The largest absolute Gasteiger partial charge is 0.481 e. The lowest BCUT2D eigenvalue weighted by atomic mass is 10.1. The molecule has 1 saturated heterocycles. The van der Waals surface area contributed by atoms with Crippen LogP contribution in [0.4, 0.5) is 5.82 Å². The van der Waals surface area contributed by atoms with Gasteiger partial charge in [0.05, 0.1) is 18.9 Å². The van der Waals surface area contributed by atoms with E-state index in [1.54, 1.807) is 0 Å².